The molecule has 0 aliphatic carbocycles. The van der Waals surface area contributed by atoms with E-state index in [0.29, 0.717) is 5.56 Å². The predicted octanol–water partition coefficient (Wildman–Crippen LogP) is 4.25. The molecule has 3 rings (SSSR count). The minimum Gasteiger partial charge on any atom is -0.508 e. The molecule has 0 saturated heterocycles. The van der Waals surface area contributed by atoms with Crippen LogP contribution in [0.3, 0.4) is 0 Å². The summed E-state index contributed by atoms with van der Waals surface area (Å²) in [7, 11) is 0. The Labute approximate surface area is 122 Å². The van der Waals surface area contributed by atoms with E-state index in [1.54, 1.807) is 12.3 Å². The summed E-state index contributed by atoms with van der Waals surface area (Å²) in [5, 5.41) is 13.5. The number of benzene rings is 2. The van der Waals surface area contributed by atoms with Crippen molar-refractivity contribution in [2.45, 2.75) is 13.0 Å². The van der Waals surface area contributed by atoms with Gasteiger partial charge < -0.3 is 10.4 Å². The van der Waals surface area contributed by atoms with Crippen LogP contribution in [0.5, 0.6) is 5.75 Å². The van der Waals surface area contributed by atoms with Crippen molar-refractivity contribution in [1.29, 1.82) is 0 Å². The molecule has 0 aliphatic heterocycles. The van der Waals surface area contributed by atoms with Crippen LogP contribution in [0.15, 0.2) is 54.7 Å². The van der Waals surface area contributed by atoms with Crippen molar-refractivity contribution in [1.82, 2.24) is 4.98 Å². The highest BCUT2D eigenvalue weighted by molar-refractivity contribution is 5.81. The molecule has 3 nitrogen and oxygen atoms in total. The molecule has 3 aromatic rings. The van der Waals surface area contributed by atoms with Crippen molar-refractivity contribution in [3.05, 3.63) is 66.1 Å². The van der Waals surface area contributed by atoms with Crippen molar-refractivity contribution in [2.24, 2.45) is 0 Å². The largest absolute Gasteiger partial charge is 0.508 e. The van der Waals surface area contributed by atoms with Crippen LogP contribution in [0, 0.1) is 5.82 Å². The van der Waals surface area contributed by atoms with Gasteiger partial charge in [0, 0.05) is 17.0 Å². The monoisotopic (exact) mass is 282 g/mol. The molecule has 4 heteroatoms. The van der Waals surface area contributed by atoms with E-state index >= 15 is 0 Å². The number of hydrogen-bond donors (Lipinski definition) is 2. The number of nitrogens with zero attached hydrogens (tertiary/aromatic N) is 1. The van der Waals surface area contributed by atoms with Gasteiger partial charge in [0.1, 0.15) is 11.6 Å². The minimum atomic E-state index is -0.427. The van der Waals surface area contributed by atoms with Crippen LogP contribution in [-0.4, -0.2) is 10.1 Å². The first-order valence-corrected chi connectivity index (χ1v) is 6.73. The minimum absolute atomic E-state index is 0.0733. The third kappa shape index (κ3) is 2.79. The Hall–Kier alpha value is -2.62. The third-order valence-electron chi connectivity index (χ3n) is 3.42. The first kappa shape index (κ1) is 13.4. The number of hydrogen-bond acceptors (Lipinski definition) is 3. The van der Waals surface area contributed by atoms with Gasteiger partial charge in [0.05, 0.1) is 23.4 Å². The maximum Gasteiger partial charge on any atom is 0.132 e. The second kappa shape index (κ2) is 5.40. The number of aromatic hydroxyl groups is 1. The summed E-state index contributed by atoms with van der Waals surface area (Å²) in [6.07, 6.45) is 1.73. The SMILES string of the molecule is CC(Nc1cnc2ccccc2c1)c1ccc(O)cc1F. The molecule has 1 heterocycles. The number of rotatable bonds is 3. The van der Waals surface area contributed by atoms with E-state index in [0.717, 1.165) is 22.7 Å². The van der Waals surface area contributed by atoms with Crippen LogP contribution in [0.4, 0.5) is 10.1 Å². The molecule has 1 aromatic heterocycles. The second-order valence-corrected chi connectivity index (χ2v) is 4.99. The van der Waals surface area contributed by atoms with E-state index in [4.69, 9.17) is 0 Å². The molecule has 1 atom stereocenters. The van der Waals surface area contributed by atoms with Crippen LogP contribution in [0.25, 0.3) is 10.9 Å². The zero-order chi connectivity index (χ0) is 14.8. The van der Waals surface area contributed by atoms with Gasteiger partial charge in [0.15, 0.2) is 0 Å². The van der Waals surface area contributed by atoms with Gasteiger partial charge in [-0.3, -0.25) is 4.98 Å². The highest BCUT2D eigenvalue weighted by Gasteiger charge is 2.11. The molecule has 106 valence electrons. The number of para-hydroxylation sites is 1. The Morgan fingerprint density at radius 2 is 1.95 bits per heavy atom. The zero-order valence-corrected chi connectivity index (χ0v) is 11.5. The highest BCUT2D eigenvalue weighted by atomic mass is 19.1. The summed E-state index contributed by atoms with van der Waals surface area (Å²) < 4.78 is 13.8. The van der Waals surface area contributed by atoms with Crippen molar-refractivity contribution in [3.63, 3.8) is 0 Å². The number of phenolic OH excluding ortho intramolecular Hbond substituents is 1. The fourth-order valence-electron chi connectivity index (χ4n) is 2.34. The van der Waals surface area contributed by atoms with Crippen LogP contribution in [0.1, 0.15) is 18.5 Å². The van der Waals surface area contributed by atoms with E-state index in [1.807, 2.05) is 37.3 Å². The van der Waals surface area contributed by atoms with Gasteiger partial charge in [-0.15, -0.1) is 0 Å². The first-order valence-electron chi connectivity index (χ1n) is 6.73. The number of anilines is 1. The van der Waals surface area contributed by atoms with Crippen LogP contribution in [-0.2, 0) is 0 Å². The molecule has 0 bridgehead atoms. The van der Waals surface area contributed by atoms with Gasteiger partial charge in [-0.25, -0.2) is 4.39 Å². The summed E-state index contributed by atoms with van der Waals surface area (Å²) in [4.78, 5) is 4.37. The Morgan fingerprint density at radius 3 is 2.76 bits per heavy atom. The summed E-state index contributed by atoms with van der Waals surface area (Å²) in [5.41, 5.74) is 2.25. The smallest absolute Gasteiger partial charge is 0.132 e. The van der Waals surface area contributed by atoms with E-state index < -0.39 is 5.82 Å². The summed E-state index contributed by atoms with van der Waals surface area (Å²) in [6, 6.07) is 13.8. The van der Waals surface area contributed by atoms with E-state index in [1.165, 1.54) is 6.07 Å². The molecule has 2 aromatic carbocycles. The second-order valence-electron chi connectivity index (χ2n) is 4.99. The van der Waals surface area contributed by atoms with E-state index in [2.05, 4.69) is 10.3 Å². The van der Waals surface area contributed by atoms with Crippen molar-refractivity contribution in [3.8, 4) is 5.75 Å². The van der Waals surface area contributed by atoms with Gasteiger partial charge in [-0.05, 0) is 25.1 Å². The molecule has 1 unspecified atom stereocenters. The molecule has 0 fully saturated rings. The van der Waals surface area contributed by atoms with Crippen LogP contribution < -0.4 is 5.32 Å². The lowest BCUT2D eigenvalue weighted by Gasteiger charge is -2.16. The van der Waals surface area contributed by atoms with Crippen molar-refractivity contribution in [2.75, 3.05) is 5.32 Å². The predicted molar refractivity (Wildman–Crippen MR) is 81.8 cm³/mol. The number of phenols is 1. The average molecular weight is 282 g/mol. The average Bonchev–Trinajstić information content (AvgIpc) is 2.47. The molecular weight excluding hydrogens is 267 g/mol. The van der Waals surface area contributed by atoms with Crippen LogP contribution >= 0.6 is 0 Å². The summed E-state index contributed by atoms with van der Waals surface area (Å²) in [6.45, 7) is 1.87. The molecular formula is C17H15FN2O. The Bertz CT molecular complexity index is 789. The Kier molecular flexibility index (Phi) is 3.44. The number of fused-ring (bicyclic) bond motifs is 1. The number of nitrogens with one attached hydrogen (secondary N) is 1. The third-order valence-corrected chi connectivity index (χ3v) is 3.42. The first-order chi connectivity index (χ1) is 10.1. The van der Waals surface area contributed by atoms with Gasteiger partial charge in [0.2, 0.25) is 0 Å². The molecule has 0 amide bonds. The number of halogens is 1. The van der Waals surface area contributed by atoms with E-state index in [9.17, 15) is 9.50 Å². The number of aromatic nitrogens is 1. The fraction of sp³-hybridized carbons (Fsp3) is 0.118. The maximum atomic E-state index is 13.8. The molecule has 0 radical (unpaired) electrons. The molecule has 21 heavy (non-hydrogen) atoms. The Balaban J connectivity index is 1.87. The van der Waals surface area contributed by atoms with Gasteiger partial charge >= 0.3 is 0 Å². The quantitative estimate of drug-likeness (QED) is 0.754. The number of pyridine rings is 1. The topological polar surface area (TPSA) is 45.2 Å². The lowest BCUT2D eigenvalue weighted by molar-refractivity contribution is 0.467. The summed E-state index contributed by atoms with van der Waals surface area (Å²) in [5.74, 6) is -0.500. The highest BCUT2D eigenvalue weighted by Crippen LogP contribution is 2.25. The standard InChI is InChI=1S/C17H15FN2O/c1-11(15-7-6-14(21)9-16(15)18)20-13-8-12-4-2-3-5-17(12)19-10-13/h2-11,20-21H,1H3. The molecule has 2 N–H and O–H groups in total. The fourth-order valence-corrected chi connectivity index (χ4v) is 2.34. The molecule has 0 spiro atoms. The summed E-state index contributed by atoms with van der Waals surface area (Å²) >= 11 is 0. The normalized spacial score (nSPS) is 12.3. The lowest BCUT2D eigenvalue weighted by atomic mass is 10.1. The molecule has 0 aliphatic rings. The van der Waals surface area contributed by atoms with Gasteiger partial charge in [-0.2, -0.15) is 0 Å². The van der Waals surface area contributed by atoms with Crippen molar-refractivity contribution < 1.29 is 9.50 Å². The maximum absolute atomic E-state index is 13.8. The van der Waals surface area contributed by atoms with Gasteiger partial charge in [-0.1, -0.05) is 24.3 Å². The Morgan fingerprint density at radius 1 is 1.14 bits per heavy atom. The van der Waals surface area contributed by atoms with Gasteiger partial charge in [0.25, 0.3) is 0 Å². The van der Waals surface area contributed by atoms with Crippen LogP contribution in [0.2, 0.25) is 0 Å². The zero-order valence-electron chi connectivity index (χ0n) is 11.5. The molecule has 0 saturated carbocycles. The van der Waals surface area contributed by atoms with E-state index in [-0.39, 0.29) is 11.8 Å². The lowest BCUT2D eigenvalue weighted by Crippen LogP contribution is -2.08. The van der Waals surface area contributed by atoms with Crippen molar-refractivity contribution >= 4 is 16.6 Å².